The molecular formula is C9H10ClN3O2. The van der Waals surface area contributed by atoms with Crippen LogP contribution in [0.1, 0.15) is 0 Å². The van der Waals surface area contributed by atoms with E-state index in [1.54, 1.807) is 0 Å². The molecule has 0 saturated carbocycles. The number of hydrogen-bond donors (Lipinski definition) is 2. The SMILES string of the molecule is COC(=O)Nc1[nH]c2ccccc2[nH+]1.[Cl-]. The summed E-state index contributed by atoms with van der Waals surface area (Å²) in [6.07, 6.45) is -0.507. The summed E-state index contributed by atoms with van der Waals surface area (Å²) in [6.45, 7) is 0. The number of H-pyrrole nitrogens is 2. The summed E-state index contributed by atoms with van der Waals surface area (Å²) in [7, 11) is 1.32. The molecule has 0 atom stereocenters. The standard InChI is InChI=1S/C9H9N3O2.ClH/c1-14-9(13)12-8-10-6-4-2-3-5-7(6)11-8;/h2-5H,1H3,(H2,10,11,12,13);1H. The van der Waals surface area contributed by atoms with Gasteiger partial charge in [-0.15, -0.1) is 0 Å². The lowest BCUT2D eigenvalue weighted by Crippen LogP contribution is -3.00. The Balaban J connectivity index is 0.00000112. The Labute approximate surface area is 92.2 Å². The van der Waals surface area contributed by atoms with E-state index in [9.17, 15) is 4.79 Å². The Morgan fingerprint density at radius 1 is 1.47 bits per heavy atom. The van der Waals surface area contributed by atoms with Gasteiger partial charge in [-0.1, -0.05) is 12.1 Å². The minimum Gasteiger partial charge on any atom is -1.00 e. The highest BCUT2D eigenvalue weighted by Crippen LogP contribution is 2.08. The molecule has 80 valence electrons. The van der Waals surface area contributed by atoms with Crippen molar-refractivity contribution in [2.75, 3.05) is 12.4 Å². The third kappa shape index (κ3) is 2.38. The number of rotatable bonds is 1. The average molecular weight is 228 g/mol. The second kappa shape index (κ2) is 4.65. The van der Waals surface area contributed by atoms with Crippen LogP contribution < -0.4 is 22.7 Å². The quantitative estimate of drug-likeness (QED) is 0.602. The first-order chi connectivity index (χ1) is 6.79. The first kappa shape index (κ1) is 11.3. The minimum absolute atomic E-state index is 0. The van der Waals surface area contributed by atoms with Crippen LogP contribution in [-0.4, -0.2) is 18.2 Å². The van der Waals surface area contributed by atoms with Crippen molar-refractivity contribution in [3.05, 3.63) is 24.3 Å². The summed E-state index contributed by atoms with van der Waals surface area (Å²) in [4.78, 5) is 16.9. The van der Waals surface area contributed by atoms with Crippen molar-refractivity contribution in [1.82, 2.24) is 4.98 Å². The number of fused-ring (bicyclic) bond motifs is 1. The number of benzene rings is 1. The zero-order valence-electron chi connectivity index (χ0n) is 8.00. The predicted molar refractivity (Wildman–Crippen MR) is 50.9 cm³/mol. The highest BCUT2D eigenvalue weighted by molar-refractivity contribution is 5.83. The van der Waals surface area contributed by atoms with Crippen molar-refractivity contribution in [1.29, 1.82) is 0 Å². The fourth-order valence-electron chi connectivity index (χ4n) is 1.22. The summed E-state index contributed by atoms with van der Waals surface area (Å²) in [5.74, 6) is 0.512. The van der Waals surface area contributed by atoms with E-state index < -0.39 is 6.09 Å². The Morgan fingerprint density at radius 2 is 2.20 bits per heavy atom. The van der Waals surface area contributed by atoms with Crippen molar-refractivity contribution < 1.29 is 26.9 Å². The molecule has 0 aliphatic carbocycles. The molecule has 6 heteroatoms. The maximum atomic E-state index is 10.9. The summed E-state index contributed by atoms with van der Waals surface area (Å²) >= 11 is 0. The molecule has 2 rings (SSSR count). The summed E-state index contributed by atoms with van der Waals surface area (Å²) in [5, 5.41) is 2.51. The number of methoxy groups -OCH3 is 1. The normalized spacial score (nSPS) is 9.40. The molecular weight excluding hydrogens is 218 g/mol. The van der Waals surface area contributed by atoms with Crippen LogP contribution in [0.25, 0.3) is 11.0 Å². The van der Waals surface area contributed by atoms with Crippen LogP contribution in [0.2, 0.25) is 0 Å². The number of aromatic amines is 2. The van der Waals surface area contributed by atoms with E-state index in [0.717, 1.165) is 11.0 Å². The van der Waals surface area contributed by atoms with Gasteiger partial charge in [-0.2, -0.15) is 5.32 Å². The fraction of sp³-hybridized carbons (Fsp3) is 0.111. The van der Waals surface area contributed by atoms with E-state index in [1.165, 1.54) is 7.11 Å². The van der Waals surface area contributed by atoms with Gasteiger partial charge >= 0.3 is 12.0 Å². The maximum Gasteiger partial charge on any atom is 0.476 e. The van der Waals surface area contributed by atoms with Crippen LogP contribution in [0, 0.1) is 0 Å². The number of imidazole rings is 1. The van der Waals surface area contributed by atoms with E-state index >= 15 is 0 Å². The molecule has 0 radical (unpaired) electrons. The smallest absolute Gasteiger partial charge is 0.476 e. The van der Waals surface area contributed by atoms with E-state index in [4.69, 9.17) is 0 Å². The molecule has 0 aliphatic rings. The molecule has 0 saturated heterocycles. The van der Waals surface area contributed by atoms with E-state index in [-0.39, 0.29) is 12.4 Å². The largest absolute Gasteiger partial charge is 1.00 e. The maximum absolute atomic E-state index is 10.9. The lowest BCUT2D eigenvalue weighted by atomic mass is 10.3. The van der Waals surface area contributed by atoms with Gasteiger partial charge < -0.3 is 17.1 Å². The Bertz CT molecular complexity index is 436. The van der Waals surface area contributed by atoms with E-state index in [0.29, 0.717) is 5.95 Å². The van der Waals surface area contributed by atoms with Gasteiger partial charge in [0.2, 0.25) is 0 Å². The van der Waals surface area contributed by atoms with Gasteiger partial charge in [0.1, 0.15) is 11.0 Å². The van der Waals surface area contributed by atoms with Gasteiger partial charge in [-0.3, -0.25) is 0 Å². The third-order valence-corrected chi connectivity index (χ3v) is 1.86. The zero-order valence-corrected chi connectivity index (χ0v) is 8.76. The Hall–Kier alpha value is -1.75. The fourth-order valence-corrected chi connectivity index (χ4v) is 1.22. The number of nitrogens with one attached hydrogen (secondary N) is 3. The molecule has 0 aliphatic heterocycles. The van der Waals surface area contributed by atoms with Crippen LogP contribution in [0.3, 0.4) is 0 Å². The Kier molecular flexibility index (Phi) is 3.51. The molecule has 5 nitrogen and oxygen atoms in total. The zero-order chi connectivity index (χ0) is 9.97. The average Bonchev–Trinajstić information content (AvgIpc) is 2.59. The summed E-state index contributed by atoms with van der Waals surface area (Å²) in [5.41, 5.74) is 1.86. The lowest BCUT2D eigenvalue weighted by Gasteiger charge is -1.90. The van der Waals surface area contributed by atoms with Crippen LogP contribution in [0.4, 0.5) is 10.7 Å². The third-order valence-electron chi connectivity index (χ3n) is 1.86. The molecule has 0 unspecified atom stereocenters. The number of anilines is 1. The number of amides is 1. The molecule has 1 heterocycles. The number of para-hydroxylation sites is 2. The molecule has 1 aromatic carbocycles. The van der Waals surface area contributed by atoms with E-state index in [2.05, 4.69) is 20.0 Å². The molecule has 0 bridgehead atoms. The van der Waals surface area contributed by atoms with Crippen LogP contribution >= 0.6 is 0 Å². The molecule has 1 amide bonds. The number of aromatic nitrogens is 2. The van der Waals surface area contributed by atoms with Crippen molar-refractivity contribution in [3.63, 3.8) is 0 Å². The topological polar surface area (TPSA) is 68.3 Å². The van der Waals surface area contributed by atoms with E-state index in [1.807, 2.05) is 24.3 Å². The number of hydrogen-bond acceptors (Lipinski definition) is 2. The Morgan fingerprint density at radius 3 is 2.87 bits per heavy atom. The summed E-state index contributed by atoms with van der Waals surface area (Å²) < 4.78 is 4.46. The number of ether oxygens (including phenoxy) is 1. The molecule has 15 heavy (non-hydrogen) atoms. The van der Waals surface area contributed by atoms with Gasteiger partial charge in [-0.25, -0.2) is 14.8 Å². The van der Waals surface area contributed by atoms with Crippen molar-refractivity contribution in [2.45, 2.75) is 0 Å². The number of halogens is 1. The molecule has 2 aromatic rings. The molecule has 0 spiro atoms. The minimum atomic E-state index is -0.507. The van der Waals surface area contributed by atoms with Gasteiger partial charge in [-0.05, 0) is 12.1 Å². The van der Waals surface area contributed by atoms with Crippen LogP contribution in [0.15, 0.2) is 24.3 Å². The summed E-state index contributed by atoms with van der Waals surface area (Å²) in [6, 6.07) is 7.64. The van der Waals surface area contributed by atoms with Gasteiger partial charge in [0.15, 0.2) is 0 Å². The molecule has 0 fully saturated rings. The highest BCUT2D eigenvalue weighted by Gasteiger charge is 2.12. The van der Waals surface area contributed by atoms with Crippen molar-refractivity contribution in [3.8, 4) is 0 Å². The highest BCUT2D eigenvalue weighted by atomic mass is 35.5. The van der Waals surface area contributed by atoms with Crippen molar-refractivity contribution in [2.24, 2.45) is 0 Å². The lowest BCUT2D eigenvalue weighted by molar-refractivity contribution is -0.326. The van der Waals surface area contributed by atoms with Gasteiger partial charge in [0, 0.05) is 0 Å². The van der Waals surface area contributed by atoms with Crippen LogP contribution in [-0.2, 0) is 4.74 Å². The van der Waals surface area contributed by atoms with Gasteiger partial charge in [0.25, 0.3) is 0 Å². The van der Waals surface area contributed by atoms with Crippen LogP contribution in [0.5, 0.6) is 0 Å². The monoisotopic (exact) mass is 227 g/mol. The van der Waals surface area contributed by atoms with Gasteiger partial charge in [0.05, 0.1) is 7.11 Å². The first-order valence-electron chi connectivity index (χ1n) is 4.14. The second-order valence-corrected chi connectivity index (χ2v) is 2.79. The van der Waals surface area contributed by atoms with Crippen molar-refractivity contribution >= 4 is 23.1 Å². The molecule has 3 N–H and O–H groups in total. The number of carbonyl (C=O) groups excluding carboxylic acids is 1. The second-order valence-electron chi connectivity index (χ2n) is 2.79. The predicted octanol–water partition coefficient (Wildman–Crippen LogP) is -1.84. The molecule has 1 aromatic heterocycles. The first-order valence-corrected chi connectivity index (χ1v) is 4.14. The number of carbonyl (C=O) groups is 1.